The molecule has 0 fully saturated rings. The number of nitrogens with zero attached hydrogens (tertiary/aromatic N) is 3. The molecule has 0 spiro atoms. The third kappa shape index (κ3) is 2.30. The molecule has 0 atom stereocenters. The minimum Gasteiger partial charge on any atom is -0.839 e. The number of imidazole rings is 1. The molecule has 108 valence electrons. The summed E-state index contributed by atoms with van der Waals surface area (Å²) in [7, 11) is 0. The van der Waals surface area contributed by atoms with E-state index in [9.17, 15) is 9.90 Å². The van der Waals surface area contributed by atoms with Crippen LogP contribution in [0.15, 0.2) is 24.5 Å². The summed E-state index contributed by atoms with van der Waals surface area (Å²) in [6, 6.07) is 3.70. The number of pyridine rings is 1. The van der Waals surface area contributed by atoms with Crippen molar-refractivity contribution in [2.24, 2.45) is 0 Å². The quantitative estimate of drug-likeness (QED) is 0.547. The number of aryl methyl sites for hydroxylation is 1. The molecule has 3 aromatic heterocycles. The lowest BCUT2D eigenvalue weighted by Gasteiger charge is -2.01. The molecular formula is C14H12ClN3O2S. The molecule has 0 saturated heterocycles. The van der Waals surface area contributed by atoms with Crippen molar-refractivity contribution in [3.8, 4) is 5.88 Å². The van der Waals surface area contributed by atoms with E-state index in [1.165, 1.54) is 22.7 Å². The zero-order valence-corrected chi connectivity index (χ0v) is 13.0. The highest BCUT2D eigenvalue weighted by Crippen LogP contribution is 2.23. The van der Waals surface area contributed by atoms with E-state index in [1.807, 2.05) is 13.0 Å². The Morgan fingerprint density at radius 1 is 1.57 bits per heavy atom. The van der Waals surface area contributed by atoms with Gasteiger partial charge in [0.1, 0.15) is 12.4 Å². The number of fused-ring (bicyclic) bond motifs is 1. The molecule has 0 aliphatic carbocycles. The van der Waals surface area contributed by atoms with Crippen LogP contribution in [0.1, 0.15) is 27.9 Å². The highest BCUT2D eigenvalue weighted by molar-refractivity contribution is 7.15. The number of aromatic nitrogens is 3. The van der Waals surface area contributed by atoms with Crippen molar-refractivity contribution >= 4 is 34.4 Å². The van der Waals surface area contributed by atoms with Crippen LogP contribution in [-0.2, 0) is 6.54 Å². The molecule has 0 aromatic carbocycles. The fourth-order valence-corrected chi connectivity index (χ4v) is 3.42. The van der Waals surface area contributed by atoms with Crippen LogP contribution in [0.2, 0.25) is 4.47 Å². The van der Waals surface area contributed by atoms with Crippen LogP contribution in [-0.4, -0.2) is 15.3 Å². The monoisotopic (exact) mass is 321 g/mol. The Hall–Kier alpha value is -1.92. The van der Waals surface area contributed by atoms with Crippen LogP contribution in [0, 0.1) is 6.92 Å². The average Bonchev–Trinajstić information content (AvgIpc) is 2.94. The summed E-state index contributed by atoms with van der Waals surface area (Å²) in [6.07, 6.45) is 3.34. The molecule has 0 bridgehead atoms. The first-order chi connectivity index (χ1) is 9.99. The first-order valence-corrected chi connectivity index (χ1v) is 7.50. The van der Waals surface area contributed by atoms with Gasteiger partial charge in [-0.3, -0.25) is 4.79 Å². The van der Waals surface area contributed by atoms with Crippen molar-refractivity contribution in [2.75, 3.05) is 0 Å². The third-order valence-electron chi connectivity index (χ3n) is 3.28. The van der Waals surface area contributed by atoms with Gasteiger partial charge in [-0.05, 0) is 19.1 Å². The van der Waals surface area contributed by atoms with Crippen molar-refractivity contribution in [1.82, 2.24) is 9.55 Å². The van der Waals surface area contributed by atoms with Crippen LogP contribution in [0.25, 0.3) is 5.65 Å². The van der Waals surface area contributed by atoms with Gasteiger partial charge in [-0.25, -0.2) is 14.0 Å². The molecule has 0 unspecified atom stereocenters. The Morgan fingerprint density at radius 2 is 2.33 bits per heavy atom. The largest absolute Gasteiger partial charge is 0.839 e. The number of hydrogen-bond donors (Lipinski definition) is 0. The molecule has 0 aliphatic rings. The van der Waals surface area contributed by atoms with Crippen LogP contribution in [0.4, 0.5) is 0 Å². The SMILES string of the molecule is CC(=O)c1c([O-])[n+]2cccc(C)c2n1Cc1cnc(Cl)s1. The Kier molecular flexibility index (Phi) is 3.43. The van der Waals surface area contributed by atoms with Crippen LogP contribution >= 0.6 is 22.9 Å². The first-order valence-electron chi connectivity index (χ1n) is 6.30. The molecule has 7 heteroatoms. The Balaban J connectivity index is 2.28. The maximum atomic E-state index is 12.4. The number of Topliss-reactive ketones (excluding diaryl/α,β-unsaturated/α-hetero) is 1. The second kappa shape index (κ2) is 5.13. The van der Waals surface area contributed by atoms with E-state index in [0.29, 0.717) is 11.0 Å². The highest BCUT2D eigenvalue weighted by atomic mass is 35.5. The second-order valence-electron chi connectivity index (χ2n) is 4.76. The number of hydrogen-bond acceptors (Lipinski definition) is 4. The fraction of sp³-hybridized carbons (Fsp3) is 0.214. The Labute approximate surface area is 130 Å². The van der Waals surface area contributed by atoms with Gasteiger partial charge in [0.2, 0.25) is 11.5 Å². The number of carbonyl (C=O) groups is 1. The predicted octanol–water partition coefficient (Wildman–Crippen LogP) is 1.97. The van der Waals surface area contributed by atoms with Gasteiger partial charge in [0.25, 0.3) is 5.65 Å². The normalized spacial score (nSPS) is 11.2. The van der Waals surface area contributed by atoms with Crippen LogP contribution < -0.4 is 9.51 Å². The van der Waals surface area contributed by atoms with E-state index in [1.54, 1.807) is 23.0 Å². The maximum absolute atomic E-state index is 12.4. The van der Waals surface area contributed by atoms with Crippen molar-refractivity contribution in [2.45, 2.75) is 20.4 Å². The molecule has 3 rings (SSSR count). The number of ketones is 1. The molecule has 0 aliphatic heterocycles. The van der Waals surface area contributed by atoms with E-state index < -0.39 is 0 Å². The zero-order valence-electron chi connectivity index (χ0n) is 11.5. The summed E-state index contributed by atoms with van der Waals surface area (Å²) >= 11 is 7.19. The fourth-order valence-electron chi connectivity index (χ4n) is 2.46. The molecular weight excluding hydrogens is 310 g/mol. The number of thiazole rings is 1. The Bertz CT molecular complexity index is 853. The number of carbonyl (C=O) groups excluding carboxylic acids is 1. The van der Waals surface area contributed by atoms with E-state index in [2.05, 4.69) is 4.98 Å². The third-order valence-corrected chi connectivity index (χ3v) is 4.38. The van der Waals surface area contributed by atoms with Gasteiger partial charge in [0.05, 0.1) is 11.1 Å². The van der Waals surface area contributed by atoms with E-state index in [0.717, 1.165) is 16.1 Å². The molecule has 0 N–H and O–H groups in total. The lowest BCUT2D eigenvalue weighted by Crippen LogP contribution is -2.25. The van der Waals surface area contributed by atoms with Crippen LogP contribution in [0.3, 0.4) is 0 Å². The molecule has 3 aromatic rings. The van der Waals surface area contributed by atoms with Crippen molar-refractivity contribution < 1.29 is 14.3 Å². The smallest absolute Gasteiger partial charge is 0.289 e. The lowest BCUT2D eigenvalue weighted by molar-refractivity contribution is -0.583. The van der Waals surface area contributed by atoms with E-state index in [4.69, 9.17) is 11.6 Å². The predicted molar refractivity (Wildman–Crippen MR) is 78.0 cm³/mol. The van der Waals surface area contributed by atoms with Crippen LogP contribution in [0.5, 0.6) is 5.88 Å². The summed E-state index contributed by atoms with van der Waals surface area (Å²) in [4.78, 5) is 16.8. The lowest BCUT2D eigenvalue weighted by atomic mass is 10.3. The van der Waals surface area contributed by atoms with Gasteiger partial charge in [0.15, 0.2) is 4.47 Å². The molecule has 0 saturated carbocycles. The summed E-state index contributed by atoms with van der Waals surface area (Å²) in [6.45, 7) is 3.71. The van der Waals surface area contributed by atoms with Gasteiger partial charge in [-0.15, -0.1) is 11.3 Å². The highest BCUT2D eigenvalue weighted by Gasteiger charge is 2.25. The van der Waals surface area contributed by atoms with Gasteiger partial charge in [-0.1, -0.05) is 11.6 Å². The molecule has 3 heterocycles. The van der Waals surface area contributed by atoms with Crippen molar-refractivity contribution in [3.63, 3.8) is 0 Å². The van der Waals surface area contributed by atoms with E-state index >= 15 is 0 Å². The summed E-state index contributed by atoms with van der Waals surface area (Å²) < 4.78 is 3.69. The average molecular weight is 322 g/mol. The van der Waals surface area contributed by atoms with Gasteiger partial charge in [0, 0.05) is 18.7 Å². The van der Waals surface area contributed by atoms with Gasteiger partial charge >= 0.3 is 0 Å². The molecule has 0 amide bonds. The zero-order chi connectivity index (χ0) is 15.1. The van der Waals surface area contributed by atoms with Crippen molar-refractivity contribution in [3.05, 3.63) is 45.1 Å². The topological polar surface area (TPSA) is 62.0 Å². The minimum atomic E-state index is -0.295. The van der Waals surface area contributed by atoms with E-state index in [-0.39, 0.29) is 17.4 Å². The number of halogens is 1. The van der Waals surface area contributed by atoms with Gasteiger partial charge in [-0.2, -0.15) is 0 Å². The standard InChI is InChI=1S/C14H12ClN3O2S/c1-8-4-3-5-17-12(8)18(11(9(2)19)13(17)20)7-10-6-16-14(15)21-10/h3-6H,7H2,1-2H3. The number of rotatable bonds is 3. The maximum Gasteiger partial charge on any atom is 0.289 e. The molecule has 5 nitrogen and oxygen atoms in total. The van der Waals surface area contributed by atoms with Gasteiger partial charge < -0.3 is 5.11 Å². The summed E-state index contributed by atoms with van der Waals surface area (Å²) in [5, 5.41) is 12.4. The van der Waals surface area contributed by atoms with Crippen molar-refractivity contribution in [1.29, 1.82) is 0 Å². The molecule has 0 radical (unpaired) electrons. The molecule has 21 heavy (non-hydrogen) atoms. The second-order valence-corrected chi connectivity index (χ2v) is 6.46. The minimum absolute atomic E-state index is 0.175. The summed E-state index contributed by atoms with van der Waals surface area (Å²) in [5.74, 6) is -0.546. The summed E-state index contributed by atoms with van der Waals surface area (Å²) in [5.41, 5.74) is 1.82. The Morgan fingerprint density at radius 3 is 2.95 bits per heavy atom. The first kappa shape index (κ1) is 14.0.